The molecule has 0 bridgehead atoms. The van der Waals surface area contributed by atoms with E-state index in [2.05, 4.69) is 55.4 Å². The molecule has 0 aromatic carbocycles. The van der Waals surface area contributed by atoms with E-state index < -0.39 is 11.5 Å². The van der Waals surface area contributed by atoms with Crippen molar-refractivity contribution in [3.63, 3.8) is 0 Å². The maximum atomic E-state index is 13.4. The normalized spacial score (nSPS) is 42.8. The Labute approximate surface area is 238 Å². The molecule has 4 aliphatic rings. The first-order valence-electron chi connectivity index (χ1n) is 15.9. The lowest BCUT2D eigenvalue weighted by atomic mass is 9.37. The lowest BCUT2D eigenvalue weighted by Gasteiger charge is -2.68. The number of esters is 1. The summed E-state index contributed by atoms with van der Waals surface area (Å²) in [6.45, 7) is 20.6. The summed E-state index contributed by atoms with van der Waals surface area (Å²) in [6.07, 6.45) is 9.13. The Hall–Kier alpha value is -1.20. The zero-order valence-corrected chi connectivity index (χ0v) is 26.4. The predicted octanol–water partition coefficient (Wildman–Crippen LogP) is 7.00. The number of ether oxygens (including phenoxy) is 1. The monoisotopic (exact) mass is 543 g/mol. The van der Waals surface area contributed by atoms with E-state index in [0.717, 1.165) is 56.9 Å². The van der Waals surface area contributed by atoms with Gasteiger partial charge in [-0.25, -0.2) is 0 Å². The van der Waals surface area contributed by atoms with Crippen molar-refractivity contribution in [3.8, 4) is 0 Å². The molecule has 39 heavy (non-hydrogen) atoms. The zero-order valence-electron chi connectivity index (χ0n) is 26.4. The molecule has 4 aliphatic carbocycles. The van der Waals surface area contributed by atoms with Crippen LogP contribution in [0.15, 0.2) is 11.1 Å². The molecule has 5 heteroatoms. The first kappa shape index (κ1) is 30.8. The predicted molar refractivity (Wildman–Crippen MR) is 157 cm³/mol. The number of hydrogen-bond donors (Lipinski definition) is 2. The van der Waals surface area contributed by atoms with Gasteiger partial charge in [0.05, 0.1) is 6.10 Å². The number of hydrogen-bond acceptors (Lipinski definition) is 5. The van der Waals surface area contributed by atoms with Crippen molar-refractivity contribution < 1.29 is 19.4 Å². The van der Waals surface area contributed by atoms with Crippen molar-refractivity contribution in [2.75, 3.05) is 6.54 Å². The van der Waals surface area contributed by atoms with E-state index in [-0.39, 0.29) is 52.0 Å². The fourth-order valence-corrected chi connectivity index (χ4v) is 10.9. The van der Waals surface area contributed by atoms with Gasteiger partial charge in [-0.05, 0) is 90.9 Å². The number of allylic oxidation sites excluding steroid dienone is 1. The molecule has 0 spiro atoms. The fourth-order valence-electron chi connectivity index (χ4n) is 10.9. The average molecular weight is 544 g/mol. The first-order valence-corrected chi connectivity index (χ1v) is 15.9. The van der Waals surface area contributed by atoms with Gasteiger partial charge in [0.1, 0.15) is 6.10 Å². The van der Waals surface area contributed by atoms with Crippen LogP contribution < -0.4 is 5.73 Å². The van der Waals surface area contributed by atoms with Gasteiger partial charge in [0.15, 0.2) is 5.78 Å². The van der Waals surface area contributed by atoms with Gasteiger partial charge in [-0.3, -0.25) is 9.59 Å². The number of rotatable bonds is 7. The Morgan fingerprint density at radius 2 is 1.72 bits per heavy atom. The molecule has 4 rings (SSSR count). The van der Waals surface area contributed by atoms with Crippen LogP contribution in [0.25, 0.3) is 0 Å². The summed E-state index contributed by atoms with van der Waals surface area (Å²) in [7, 11) is 0. The summed E-state index contributed by atoms with van der Waals surface area (Å²) in [5.41, 5.74) is 8.04. The number of ketones is 1. The van der Waals surface area contributed by atoms with Gasteiger partial charge in [0.25, 0.3) is 0 Å². The van der Waals surface area contributed by atoms with E-state index in [0.29, 0.717) is 18.3 Å². The van der Waals surface area contributed by atoms with E-state index >= 15 is 0 Å². The maximum absolute atomic E-state index is 13.4. The molecule has 5 nitrogen and oxygen atoms in total. The van der Waals surface area contributed by atoms with Gasteiger partial charge in [-0.2, -0.15) is 0 Å². The molecule has 0 aromatic heterocycles. The highest BCUT2D eigenvalue weighted by Gasteiger charge is 2.66. The molecule has 0 radical (unpaired) electrons. The van der Waals surface area contributed by atoms with Crippen LogP contribution in [0.1, 0.15) is 127 Å². The van der Waals surface area contributed by atoms with Crippen molar-refractivity contribution in [2.45, 2.75) is 139 Å². The lowest BCUT2D eigenvalue weighted by molar-refractivity contribution is -0.212. The molecule has 0 amide bonds. The fraction of sp³-hybridized carbons (Fsp3) is 0.882. The Morgan fingerprint density at radius 3 is 2.28 bits per heavy atom. The molecule has 8 atom stereocenters. The van der Waals surface area contributed by atoms with Gasteiger partial charge in [0.2, 0.25) is 0 Å². The van der Waals surface area contributed by atoms with Crippen LogP contribution in [-0.4, -0.2) is 35.6 Å². The third-order valence-electron chi connectivity index (χ3n) is 13.1. The summed E-state index contributed by atoms with van der Waals surface area (Å²) in [5, 5.41) is 11.2. The molecule has 3 saturated carbocycles. The molecule has 222 valence electrons. The Balaban J connectivity index is 1.77. The highest BCUT2D eigenvalue weighted by molar-refractivity contribution is 6.00. The van der Waals surface area contributed by atoms with Gasteiger partial charge < -0.3 is 15.6 Å². The minimum absolute atomic E-state index is 0.0217. The second-order valence-corrected chi connectivity index (χ2v) is 15.6. The number of nitrogens with two attached hydrogens (primary N) is 1. The SMILES string of the molecule is CCC[C@@H]1[C@@]2(C)CC[C@H](OC(C)=O)C(C)(C)[C@@H]2CC[C@@]1(C)[C@]1(C)CC[C@@]2([C@H](O)CN)CC(=O)C(C(C)C)=C2C1. The van der Waals surface area contributed by atoms with Crippen molar-refractivity contribution >= 4 is 11.8 Å². The van der Waals surface area contributed by atoms with Gasteiger partial charge in [-0.15, -0.1) is 0 Å². The van der Waals surface area contributed by atoms with Crippen LogP contribution in [0, 0.1) is 44.8 Å². The molecule has 3 N–H and O–H groups in total. The molecule has 0 aromatic rings. The Bertz CT molecular complexity index is 1010. The molecule has 3 fully saturated rings. The minimum Gasteiger partial charge on any atom is -0.462 e. The number of carbonyl (C=O) groups excluding carboxylic acids is 2. The summed E-state index contributed by atoms with van der Waals surface area (Å²) in [6, 6.07) is 0. The van der Waals surface area contributed by atoms with Gasteiger partial charge in [-0.1, -0.05) is 67.4 Å². The molecule has 0 unspecified atom stereocenters. The van der Waals surface area contributed by atoms with Crippen molar-refractivity contribution in [2.24, 2.45) is 50.6 Å². The topological polar surface area (TPSA) is 89.6 Å². The van der Waals surface area contributed by atoms with Crippen LogP contribution in [0.2, 0.25) is 0 Å². The largest absolute Gasteiger partial charge is 0.462 e. The molecule has 0 saturated heterocycles. The summed E-state index contributed by atoms with van der Waals surface area (Å²) in [4.78, 5) is 25.4. The number of Topliss-reactive ketones (excluding diaryl/α,β-unsaturated/α-hetero) is 1. The molecule has 0 aliphatic heterocycles. The van der Waals surface area contributed by atoms with Crippen LogP contribution in [0.3, 0.4) is 0 Å². The van der Waals surface area contributed by atoms with Crippen molar-refractivity contribution in [3.05, 3.63) is 11.1 Å². The Morgan fingerprint density at radius 1 is 1.05 bits per heavy atom. The van der Waals surface area contributed by atoms with Crippen LogP contribution in [-0.2, 0) is 14.3 Å². The highest BCUT2D eigenvalue weighted by atomic mass is 16.5. The summed E-state index contributed by atoms with van der Waals surface area (Å²) in [5.74, 6) is 1.26. The van der Waals surface area contributed by atoms with Crippen molar-refractivity contribution in [1.29, 1.82) is 0 Å². The van der Waals surface area contributed by atoms with Gasteiger partial charge >= 0.3 is 5.97 Å². The zero-order chi connectivity index (χ0) is 29.2. The molecular formula is C34H57NO4. The minimum atomic E-state index is -0.665. The van der Waals surface area contributed by atoms with Crippen molar-refractivity contribution in [1.82, 2.24) is 0 Å². The number of carbonyl (C=O) groups is 2. The maximum Gasteiger partial charge on any atom is 0.302 e. The quantitative estimate of drug-likeness (QED) is 0.338. The van der Waals surface area contributed by atoms with Gasteiger partial charge in [0, 0.05) is 30.7 Å². The summed E-state index contributed by atoms with van der Waals surface area (Å²) < 4.78 is 5.91. The van der Waals surface area contributed by atoms with Crippen LogP contribution in [0.5, 0.6) is 0 Å². The van der Waals surface area contributed by atoms with E-state index in [1.807, 2.05) is 0 Å². The lowest BCUT2D eigenvalue weighted by Crippen LogP contribution is -2.62. The average Bonchev–Trinajstić information content (AvgIpc) is 3.14. The number of aliphatic hydroxyl groups is 1. The van der Waals surface area contributed by atoms with E-state index in [1.165, 1.54) is 12.0 Å². The van der Waals surface area contributed by atoms with E-state index in [1.54, 1.807) is 6.92 Å². The third kappa shape index (κ3) is 4.47. The first-order chi connectivity index (χ1) is 18.0. The van der Waals surface area contributed by atoms with E-state index in [9.17, 15) is 14.7 Å². The highest BCUT2D eigenvalue weighted by Crippen LogP contribution is 2.72. The van der Waals surface area contributed by atoms with Crippen LogP contribution >= 0.6 is 0 Å². The standard InChI is InChI=1S/C34H57NO4/c1-10-11-26-32(8)14-13-28(39-22(4)36)30(5,6)25(32)12-15-33(26,9)31(7)16-17-34(27(38)20-35)19-24(37)29(21(2)3)23(34)18-31/h21,25-28,38H,10-20,35H2,1-9H3/t25-,26+,27+,28-,31+,32-,33+,34+/m0/s1. The number of aliphatic hydroxyl groups excluding tert-OH is 1. The second-order valence-electron chi connectivity index (χ2n) is 15.6. The third-order valence-corrected chi connectivity index (χ3v) is 13.1. The molecular weight excluding hydrogens is 486 g/mol. The van der Waals surface area contributed by atoms with Crippen LogP contribution in [0.4, 0.5) is 0 Å². The summed E-state index contributed by atoms with van der Waals surface area (Å²) >= 11 is 0. The Kier molecular flexibility index (Phi) is 8.09. The molecule has 0 heterocycles. The smallest absolute Gasteiger partial charge is 0.302 e. The number of fused-ring (bicyclic) bond motifs is 2. The second kappa shape index (κ2) is 10.3. The van der Waals surface area contributed by atoms with E-state index in [4.69, 9.17) is 10.5 Å².